The van der Waals surface area contributed by atoms with E-state index in [4.69, 9.17) is 4.74 Å². The Morgan fingerprint density at radius 1 is 1.40 bits per heavy atom. The van der Waals surface area contributed by atoms with Crippen LogP contribution in [0, 0.1) is 11.7 Å². The molecule has 3 heterocycles. The zero-order valence-corrected chi connectivity index (χ0v) is 10.9. The number of ether oxygens (including phenoxy) is 1. The van der Waals surface area contributed by atoms with Crippen molar-refractivity contribution >= 4 is 0 Å². The maximum absolute atomic E-state index is 14.3. The molecule has 2 aromatic rings. The molecule has 1 N–H and O–H groups in total. The Kier molecular flexibility index (Phi) is 2.65. The van der Waals surface area contributed by atoms with Crippen molar-refractivity contribution in [2.75, 3.05) is 13.2 Å². The number of imidazole rings is 1. The lowest BCUT2D eigenvalue weighted by Gasteiger charge is -2.33. The third-order valence-electron chi connectivity index (χ3n) is 4.36. The lowest BCUT2D eigenvalue weighted by molar-refractivity contribution is -0.0484. The Morgan fingerprint density at radius 3 is 3.15 bits per heavy atom. The molecule has 5 heteroatoms. The quantitative estimate of drug-likeness (QED) is 0.865. The van der Waals surface area contributed by atoms with Crippen molar-refractivity contribution in [3.63, 3.8) is 0 Å². The molecule has 4 rings (SSSR count). The second kappa shape index (κ2) is 4.40. The predicted molar refractivity (Wildman–Crippen MR) is 70.7 cm³/mol. The van der Waals surface area contributed by atoms with Gasteiger partial charge in [-0.3, -0.25) is 0 Å². The van der Waals surface area contributed by atoms with Crippen LogP contribution in [0.15, 0.2) is 30.7 Å². The molecule has 1 unspecified atom stereocenters. The topological polar surface area (TPSA) is 47.3 Å². The lowest BCUT2D eigenvalue weighted by atomic mass is 9.86. The van der Waals surface area contributed by atoms with Crippen LogP contribution in [0.5, 0.6) is 0 Å². The molecule has 20 heavy (non-hydrogen) atoms. The zero-order valence-electron chi connectivity index (χ0n) is 10.9. The van der Waals surface area contributed by atoms with Gasteiger partial charge in [0.2, 0.25) is 0 Å². The highest BCUT2D eigenvalue weighted by atomic mass is 19.1. The van der Waals surface area contributed by atoms with Gasteiger partial charge in [-0.25, -0.2) is 9.37 Å². The van der Waals surface area contributed by atoms with Crippen molar-refractivity contribution in [2.24, 2.45) is 5.92 Å². The summed E-state index contributed by atoms with van der Waals surface area (Å²) in [5, 5.41) is 10.3. The molecule has 0 saturated carbocycles. The number of nitrogens with zero attached hydrogens (tertiary/aromatic N) is 2. The molecule has 1 aromatic heterocycles. The van der Waals surface area contributed by atoms with E-state index in [1.54, 1.807) is 18.6 Å². The minimum Gasteiger partial charge on any atom is -0.393 e. The van der Waals surface area contributed by atoms with Gasteiger partial charge in [-0.15, -0.1) is 0 Å². The molecule has 3 atom stereocenters. The summed E-state index contributed by atoms with van der Waals surface area (Å²) >= 11 is 0. The van der Waals surface area contributed by atoms with Crippen LogP contribution in [0.25, 0.3) is 11.3 Å². The summed E-state index contributed by atoms with van der Waals surface area (Å²) in [6, 6.07) is 4.85. The lowest BCUT2D eigenvalue weighted by Crippen LogP contribution is -2.37. The second-order valence-corrected chi connectivity index (χ2v) is 5.43. The van der Waals surface area contributed by atoms with Crippen LogP contribution in [0.2, 0.25) is 0 Å². The van der Waals surface area contributed by atoms with E-state index in [1.165, 1.54) is 6.07 Å². The number of hydrogen-bond acceptors (Lipinski definition) is 3. The highest BCUT2D eigenvalue weighted by Crippen LogP contribution is 2.45. The monoisotopic (exact) mass is 274 g/mol. The normalized spacial score (nSPS) is 28.2. The first kappa shape index (κ1) is 12.1. The molecular weight excluding hydrogens is 259 g/mol. The molecule has 1 fully saturated rings. The van der Waals surface area contributed by atoms with Gasteiger partial charge in [0.05, 0.1) is 37.0 Å². The SMILES string of the molecule is O[C@H]1CCOC[C@@H]1C1c2c(F)cccc2-c2cncn21. The Morgan fingerprint density at radius 2 is 2.30 bits per heavy atom. The van der Waals surface area contributed by atoms with Gasteiger partial charge in [0.1, 0.15) is 5.82 Å². The summed E-state index contributed by atoms with van der Waals surface area (Å²) in [6.07, 6.45) is 3.57. The first-order chi connectivity index (χ1) is 9.77. The van der Waals surface area contributed by atoms with Crippen LogP contribution in [0.3, 0.4) is 0 Å². The fraction of sp³-hybridized carbons (Fsp3) is 0.400. The number of hydrogen-bond donors (Lipinski definition) is 1. The van der Waals surface area contributed by atoms with E-state index < -0.39 is 6.10 Å². The van der Waals surface area contributed by atoms with Gasteiger partial charge in [-0.1, -0.05) is 12.1 Å². The Labute approximate surface area is 115 Å². The fourth-order valence-corrected chi connectivity index (χ4v) is 3.41. The van der Waals surface area contributed by atoms with Crippen molar-refractivity contribution in [1.82, 2.24) is 9.55 Å². The highest BCUT2D eigenvalue weighted by molar-refractivity contribution is 5.69. The summed E-state index contributed by atoms with van der Waals surface area (Å²) in [4.78, 5) is 4.16. The van der Waals surface area contributed by atoms with Gasteiger partial charge in [0, 0.05) is 23.7 Å². The van der Waals surface area contributed by atoms with Crippen LogP contribution < -0.4 is 0 Å². The zero-order chi connectivity index (χ0) is 13.7. The first-order valence-corrected chi connectivity index (χ1v) is 6.84. The summed E-state index contributed by atoms with van der Waals surface area (Å²) in [6.45, 7) is 1.00. The van der Waals surface area contributed by atoms with Crippen LogP contribution in [0.1, 0.15) is 18.0 Å². The van der Waals surface area contributed by atoms with E-state index in [-0.39, 0.29) is 17.8 Å². The van der Waals surface area contributed by atoms with E-state index in [9.17, 15) is 9.50 Å². The van der Waals surface area contributed by atoms with E-state index in [0.29, 0.717) is 25.2 Å². The number of aromatic nitrogens is 2. The van der Waals surface area contributed by atoms with E-state index >= 15 is 0 Å². The van der Waals surface area contributed by atoms with Crippen molar-refractivity contribution in [2.45, 2.75) is 18.6 Å². The van der Waals surface area contributed by atoms with Gasteiger partial charge in [-0.2, -0.15) is 0 Å². The number of aliphatic hydroxyl groups excluding tert-OH is 1. The molecule has 0 amide bonds. The number of benzene rings is 1. The summed E-state index contributed by atoms with van der Waals surface area (Å²) < 4.78 is 21.8. The van der Waals surface area contributed by atoms with Gasteiger partial charge in [0.25, 0.3) is 0 Å². The number of fused-ring (bicyclic) bond motifs is 3. The van der Waals surface area contributed by atoms with Gasteiger partial charge in [-0.05, 0) is 12.5 Å². The maximum atomic E-state index is 14.3. The Bertz CT molecular complexity index is 655. The molecule has 0 aliphatic carbocycles. The molecule has 1 aromatic carbocycles. The van der Waals surface area contributed by atoms with Crippen LogP contribution in [-0.4, -0.2) is 34.0 Å². The van der Waals surface area contributed by atoms with Crippen molar-refractivity contribution in [1.29, 1.82) is 0 Å². The maximum Gasteiger partial charge on any atom is 0.129 e. The van der Waals surface area contributed by atoms with E-state index in [1.807, 2.05) is 10.6 Å². The molecule has 0 spiro atoms. The number of halogens is 1. The second-order valence-electron chi connectivity index (χ2n) is 5.43. The van der Waals surface area contributed by atoms with Gasteiger partial charge in [0.15, 0.2) is 0 Å². The fourth-order valence-electron chi connectivity index (χ4n) is 3.41. The van der Waals surface area contributed by atoms with E-state index in [0.717, 1.165) is 11.3 Å². The number of aliphatic hydroxyl groups is 1. The van der Waals surface area contributed by atoms with Crippen molar-refractivity contribution in [3.05, 3.63) is 42.1 Å². The highest BCUT2D eigenvalue weighted by Gasteiger charge is 2.40. The average Bonchev–Trinajstić information content (AvgIpc) is 3.01. The van der Waals surface area contributed by atoms with Crippen molar-refractivity contribution < 1.29 is 14.2 Å². The third-order valence-corrected chi connectivity index (χ3v) is 4.36. The summed E-state index contributed by atoms with van der Waals surface area (Å²) in [7, 11) is 0. The molecular formula is C15H15FN2O2. The molecule has 4 nitrogen and oxygen atoms in total. The molecule has 2 aliphatic heterocycles. The standard InChI is InChI=1S/C15H15FN2O2/c16-11-3-1-2-9-12-6-17-8-18(12)15(14(9)11)10-7-20-5-4-13(10)19/h1-3,6,8,10,13,15,19H,4-5,7H2/t10-,13-,15?/m0/s1. The molecule has 1 saturated heterocycles. The van der Waals surface area contributed by atoms with Gasteiger partial charge >= 0.3 is 0 Å². The largest absolute Gasteiger partial charge is 0.393 e. The Balaban J connectivity index is 1.88. The first-order valence-electron chi connectivity index (χ1n) is 6.84. The van der Waals surface area contributed by atoms with Crippen molar-refractivity contribution in [3.8, 4) is 11.3 Å². The average molecular weight is 274 g/mol. The molecule has 0 bridgehead atoms. The van der Waals surface area contributed by atoms with Gasteiger partial charge < -0.3 is 14.4 Å². The third kappa shape index (κ3) is 1.57. The molecule has 2 aliphatic rings. The van der Waals surface area contributed by atoms with E-state index in [2.05, 4.69) is 4.98 Å². The molecule has 0 radical (unpaired) electrons. The Hall–Kier alpha value is -1.72. The molecule has 104 valence electrons. The minimum absolute atomic E-state index is 0.144. The van der Waals surface area contributed by atoms with Crippen LogP contribution in [0.4, 0.5) is 4.39 Å². The minimum atomic E-state index is -0.477. The summed E-state index contributed by atoms with van der Waals surface area (Å²) in [5.74, 6) is -0.371. The number of rotatable bonds is 1. The summed E-state index contributed by atoms with van der Waals surface area (Å²) in [5.41, 5.74) is 2.42. The predicted octanol–water partition coefficient (Wildman–Crippen LogP) is 1.99. The van der Waals surface area contributed by atoms with Crippen LogP contribution >= 0.6 is 0 Å². The van der Waals surface area contributed by atoms with Crippen LogP contribution in [-0.2, 0) is 4.74 Å². The smallest absolute Gasteiger partial charge is 0.129 e.